The van der Waals surface area contributed by atoms with Crippen LogP contribution in [0.5, 0.6) is 11.9 Å². The van der Waals surface area contributed by atoms with Gasteiger partial charge in [0, 0.05) is 17.2 Å². The first-order chi connectivity index (χ1) is 20.3. The fraction of sp³-hybridized carbons (Fsp3) is 0.594. The molecule has 2 N–H and O–H groups in total. The van der Waals surface area contributed by atoms with Crippen molar-refractivity contribution >= 4 is 16.9 Å². The highest BCUT2D eigenvalue weighted by Gasteiger charge is 2.49. The van der Waals surface area contributed by atoms with Crippen molar-refractivity contribution in [2.45, 2.75) is 89.8 Å². The predicted octanol–water partition coefficient (Wildman–Crippen LogP) is 6.58. The van der Waals surface area contributed by atoms with E-state index < -0.39 is 28.9 Å². The van der Waals surface area contributed by atoms with Gasteiger partial charge >= 0.3 is 11.9 Å². The lowest BCUT2D eigenvalue weighted by atomic mass is 9.89. The van der Waals surface area contributed by atoms with Crippen LogP contribution in [0.25, 0.3) is 11.0 Å². The van der Waals surface area contributed by atoms with Gasteiger partial charge < -0.3 is 24.8 Å². The number of nitrogens with zero attached hydrogens (tertiary/aromatic N) is 4. The summed E-state index contributed by atoms with van der Waals surface area (Å²) in [6, 6.07) is 5.62. The molecule has 8 nitrogen and oxygen atoms in total. The molecule has 0 radical (unpaired) electrons. The van der Waals surface area contributed by atoms with Crippen molar-refractivity contribution in [3.05, 3.63) is 46.8 Å². The summed E-state index contributed by atoms with van der Waals surface area (Å²) in [5, 5.41) is 13.9. The van der Waals surface area contributed by atoms with E-state index in [4.69, 9.17) is 14.5 Å². The van der Waals surface area contributed by atoms with E-state index in [-0.39, 0.29) is 17.5 Å². The minimum Gasteiger partial charge on any atom is -0.481 e. The second-order valence-corrected chi connectivity index (χ2v) is 12.7. The second kappa shape index (κ2) is 12.1. The zero-order valence-electron chi connectivity index (χ0n) is 25.8. The Balaban J connectivity index is 1.53. The maximum absolute atomic E-state index is 15.6. The van der Waals surface area contributed by atoms with E-state index in [9.17, 15) is 5.11 Å². The number of aromatic nitrogens is 3. The summed E-state index contributed by atoms with van der Waals surface area (Å²) in [6.07, 6.45) is 4.06. The third kappa shape index (κ3) is 6.52. The molecule has 1 aliphatic carbocycles. The minimum atomic E-state index is -3.81. The van der Waals surface area contributed by atoms with Crippen molar-refractivity contribution in [1.82, 2.24) is 19.9 Å². The molecule has 0 amide bonds. The fourth-order valence-corrected chi connectivity index (χ4v) is 5.61. The highest BCUT2D eigenvalue weighted by atomic mass is 19.3. The predicted molar refractivity (Wildman–Crippen MR) is 159 cm³/mol. The minimum absolute atomic E-state index is 0.0105. The first-order valence-electron chi connectivity index (χ1n) is 15.1. The van der Waals surface area contributed by atoms with Gasteiger partial charge in [-0.1, -0.05) is 12.1 Å². The van der Waals surface area contributed by atoms with E-state index in [0.717, 1.165) is 64.3 Å². The molecule has 1 saturated carbocycles. The quantitative estimate of drug-likeness (QED) is 0.255. The molecular formula is C32H42F3N5O3. The Labute approximate surface area is 251 Å². The summed E-state index contributed by atoms with van der Waals surface area (Å²) in [4.78, 5) is 16.4. The van der Waals surface area contributed by atoms with E-state index in [2.05, 4.69) is 34.0 Å². The van der Waals surface area contributed by atoms with E-state index in [1.807, 2.05) is 6.07 Å². The topological polar surface area (TPSA) is 92.6 Å². The lowest BCUT2D eigenvalue weighted by molar-refractivity contribution is -0.170. The number of halogens is 3. The van der Waals surface area contributed by atoms with E-state index in [1.165, 1.54) is 12.1 Å². The van der Waals surface area contributed by atoms with Gasteiger partial charge in [-0.15, -0.1) is 0 Å². The smallest absolute Gasteiger partial charge is 0.320 e. The van der Waals surface area contributed by atoms with Crippen LogP contribution in [0.4, 0.5) is 19.0 Å². The molecule has 1 aromatic carbocycles. The van der Waals surface area contributed by atoms with Crippen LogP contribution in [0.2, 0.25) is 0 Å². The lowest BCUT2D eigenvalue weighted by Crippen LogP contribution is -2.41. The van der Waals surface area contributed by atoms with Gasteiger partial charge in [0.05, 0.1) is 30.7 Å². The molecule has 0 unspecified atom stereocenters. The summed E-state index contributed by atoms with van der Waals surface area (Å²) in [5.74, 6) is -3.36. The molecule has 234 valence electrons. The number of anilines is 1. The molecule has 11 heteroatoms. The SMILES string of the molecule is COc1nc2nc(OCC3CC3)nc(N[C@H](C)c3cccc(C(F)(F)C(C)(C)O)c3F)c2cc1C1CCN(C(C)C)CC1. The molecule has 1 saturated heterocycles. The molecular weight excluding hydrogens is 559 g/mol. The van der Waals surface area contributed by atoms with Crippen LogP contribution < -0.4 is 14.8 Å². The van der Waals surface area contributed by atoms with Gasteiger partial charge in [-0.05, 0) is 97.4 Å². The summed E-state index contributed by atoms with van der Waals surface area (Å²) in [5.41, 5.74) is -2.00. The van der Waals surface area contributed by atoms with Gasteiger partial charge in [0.25, 0.3) is 0 Å². The van der Waals surface area contributed by atoms with Gasteiger partial charge in [0.15, 0.2) is 5.65 Å². The Morgan fingerprint density at radius 2 is 1.77 bits per heavy atom. The molecule has 3 heterocycles. The number of rotatable bonds is 11. The van der Waals surface area contributed by atoms with Crippen molar-refractivity contribution < 1.29 is 27.8 Å². The average Bonchev–Trinajstić information content (AvgIpc) is 3.79. The third-order valence-electron chi connectivity index (χ3n) is 8.65. The van der Waals surface area contributed by atoms with Crippen LogP contribution >= 0.6 is 0 Å². The molecule has 2 aromatic heterocycles. The first-order valence-corrected chi connectivity index (χ1v) is 15.1. The van der Waals surface area contributed by atoms with Crippen LogP contribution in [0.3, 0.4) is 0 Å². The molecule has 5 rings (SSSR count). The molecule has 1 aliphatic heterocycles. The van der Waals surface area contributed by atoms with Crippen molar-refractivity contribution in [2.24, 2.45) is 5.92 Å². The summed E-state index contributed by atoms with van der Waals surface area (Å²) in [6.45, 7) is 10.4. The van der Waals surface area contributed by atoms with E-state index in [1.54, 1.807) is 14.0 Å². The van der Waals surface area contributed by atoms with Gasteiger partial charge in [0.2, 0.25) is 5.88 Å². The number of hydrogen-bond donors (Lipinski definition) is 2. The van der Waals surface area contributed by atoms with Gasteiger partial charge in [-0.2, -0.15) is 23.7 Å². The van der Waals surface area contributed by atoms with Crippen molar-refractivity contribution in [3.8, 4) is 11.9 Å². The van der Waals surface area contributed by atoms with Crippen LogP contribution in [0.15, 0.2) is 24.3 Å². The highest BCUT2D eigenvalue weighted by Crippen LogP contribution is 2.42. The molecule has 2 fully saturated rings. The first kappa shape index (κ1) is 31.3. The fourth-order valence-electron chi connectivity index (χ4n) is 5.61. The summed E-state index contributed by atoms with van der Waals surface area (Å²) < 4.78 is 57.3. The number of alkyl halides is 2. The van der Waals surface area contributed by atoms with Crippen LogP contribution in [0.1, 0.15) is 89.0 Å². The van der Waals surface area contributed by atoms with Crippen LogP contribution in [-0.4, -0.2) is 63.4 Å². The number of pyridine rings is 1. The summed E-state index contributed by atoms with van der Waals surface area (Å²) in [7, 11) is 1.59. The van der Waals surface area contributed by atoms with E-state index in [0.29, 0.717) is 41.3 Å². The number of hydrogen-bond acceptors (Lipinski definition) is 8. The third-order valence-corrected chi connectivity index (χ3v) is 8.65. The standard InChI is InChI=1S/C32H42F3N5O3/c1-18(2)40-14-12-21(13-15-40)23-16-24-27(38-30(43-17-20-10-11-20)39-28(24)37-29(23)42-6)36-19(3)22-8-7-9-25(26(22)33)32(34,35)31(4,5)41/h7-9,16,18-21,41H,10-15,17H2,1-6H3,(H,36,37,38,39)/t19-/m1/s1. The maximum atomic E-state index is 15.6. The Morgan fingerprint density at radius 1 is 1.07 bits per heavy atom. The average molecular weight is 602 g/mol. The number of fused-ring (bicyclic) bond motifs is 1. The van der Waals surface area contributed by atoms with Crippen molar-refractivity contribution in [3.63, 3.8) is 0 Å². The largest absolute Gasteiger partial charge is 0.481 e. The molecule has 43 heavy (non-hydrogen) atoms. The molecule has 0 bridgehead atoms. The zero-order valence-corrected chi connectivity index (χ0v) is 25.8. The monoisotopic (exact) mass is 601 g/mol. The molecule has 2 aliphatic rings. The Bertz CT molecular complexity index is 1450. The maximum Gasteiger partial charge on any atom is 0.320 e. The van der Waals surface area contributed by atoms with Crippen LogP contribution in [-0.2, 0) is 5.92 Å². The number of aliphatic hydroxyl groups is 1. The molecule has 0 spiro atoms. The number of likely N-dealkylation sites (tertiary alicyclic amines) is 1. The number of piperidine rings is 1. The normalized spacial score (nSPS) is 17.8. The van der Waals surface area contributed by atoms with Gasteiger partial charge in [0.1, 0.15) is 17.2 Å². The Kier molecular flexibility index (Phi) is 8.77. The van der Waals surface area contributed by atoms with Crippen molar-refractivity contribution in [2.75, 3.05) is 32.1 Å². The van der Waals surface area contributed by atoms with Gasteiger partial charge in [-0.25, -0.2) is 4.39 Å². The zero-order chi connectivity index (χ0) is 31.1. The molecule has 1 atom stereocenters. The Morgan fingerprint density at radius 3 is 2.37 bits per heavy atom. The van der Waals surface area contributed by atoms with Crippen LogP contribution in [0, 0.1) is 11.7 Å². The van der Waals surface area contributed by atoms with Gasteiger partial charge in [-0.3, -0.25) is 0 Å². The number of nitrogens with one attached hydrogen (secondary N) is 1. The lowest BCUT2D eigenvalue weighted by Gasteiger charge is -2.35. The number of methoxy groups -OCH3 is 1. The number of ether oxygens (including phenoxy) is 2. The Hall–Kier alpha value is -3.18. The van der Waals surface area contributed by atoms with Crippen molar-refractivity contribution in [1.29, 1.82) is 0 Å². The second-order valence-electron chi connectivity index (χ2n) is 12.7. The molecule has 3 aromatic rings. The summed E-state index contributed by atoms with van der Waals surface area (Å²) >= 11 is 0. The highest BCUT2D eigenvalue weighted by molar-refractivity contribution is 5.88. The number of benzene rings is 1. The van der Waals surface area contributed by atoms with E-state index >= 15 is 13.2 Å².